The second kappa shape index (κ2) is 8.68. The molecule has 6 nitrogen and oxygen atoms in total. The van der Waals surface area contributed by atoms with Crippen LogP contribution in [0.25, 0.3) is 0 Å². The summed E-state index contributed by atoms with van der Waals surface area (Å²) in [5.41, 5.74) is 10.5. The molecular formula is C21H27N5O. The van der Waals surface area contributed by atoms with Gasteiger partial charge in [0.2, 0.25) is 5.95 Å². The van der Waals surface area contributed by atoms with Crippen molar-refractivity contribution < 1.29 is 4.74 Å². The van der Waals surface area contributed by atoms with Gasteiger partial charge < -0.3 is 15.8 Å². The molecule has 0 atom stereocenters. The molecule has 1 aliphatic rings. The van der Waals surface area contributed by atoms with E-state index in [1.165, 1.54) is 11.1 Å². The lowest BCUT2D eigenvalue weighted by Crippen LogP contribution is -2.19. The Morgan fingerprint density at radius 3 is 2.67 bits per heavy atom. The highest BCUT2D eigenvalue weighted by molar-refractivity contribution is 5.49. The minimum Gasteiger partial charge on any atom is -0.497 e. The third kappa shape index (κ3) is 5.56. The topological polar surface area (TPSA) is 76.3 Å². The second-order valence-corrected chi connectivity index (χ2v) is 6.94. The van der Waals surface area contributed by atoms with Crippen LogP contribution in [-0.4, -0.2) is 29.0 Å². The summed E-state index contributed by atoms with van der Waals surface area (Å²) in [6.07, 6.45) is 6.49. The van der Waals surface area contributed by atoms with Crippen LogP contribution in [0.1, 0.15) is 31.0 Å². The second-order valence-electron chi connectivity index (χ2n) is 6.94. The van der Waals surface area contributed by atoms with Crippen molar-refractivity contribution in [3.63, 3.8) is 0 Å². The van der Waals surface area contributed by atoms with E-state index in [1.54, 1.807) is 7.11 Å². The summed E-state index contributed by atoms with van der Waals surface area (Å²) < 4.78 is 5.21. The number of rotatable bonds is 7. The molecule has 142 valence electrons. The zero-order valence-corrected chi connectivity index (χ0v) is 16.2. The third-order valence-corrected chi connectivity index (χ3v) is 4.42. The third-order valence-electron chi connectivity index (χ3n) is 4.42. The Labute approximate surface area is 160 Å². The maximum atomic E-state index is 5.92. The number of ether oxygens (including phenoxy) is 1. The van der Waals surface area contributed by atoms with Gasteiger partial charge in [-0.2, -0.15) is 4.98 Å². The van der Waals surface area contributed by atoms with E-state index in [1.807, 2.05) is 18.2 Å². The van der Waals surface area contributed by atoms with Crippen molar-refractivity contribution >= 4 is 11.8 Å². The van der Waals surface area contributed by atoms with Crippen molar-refractivity contribution in [3.05, 3.63) is 65.0 Å². The molecule has 0 aliphatic heterocycles. The molecule has 3 N–H and O–H groups in total. The van der Waals surface area contributed by atoms with Gasteiger partial charge in [0.25, 0.3) is 0 Å². The lowest BCUT2D eigenvalue weighted by atomic mass is 10.0. The van der Waals surface area contributed by atoms with Gasteiger partial charge in [0, 0.05) is 24.9 Å². The molecule has 6 heteroatoms. The molecule has 3 rings (SSSR count). The molecule has 0 radical (unpaired) electrons. The molecule has 1 aromatic heterocycles. The van der Waals surface area contributed by atoms with Crippen LogP contribution in [0.5, 0.6) is 5.75 Å². The van der Waals surface area contributed by atoms with E-state index in [9.17, 15) is 0 Å². The maximum Gasteiger partial charge on any atom is 0.222 e. The Morgan fingerprint density at radius 2 is 1.96 bits per heavy atom. The first-order valence-electron chi connectivity index (χ1n) is 9.11. The van der Waals surface area contributed by atoms with Gasteiger partial charge in [-0.1, -0.05) is 23.8 Å². The summed E-state index contributed by atoms with van der Waals surface area (Å²) in [6.45, 7) is 3.63. The number of nitrogens with one attached hydrogen (secondary N) is 1. The maximum absolute atomic E-state index is 5.92. The Bertz CT molecular complexity index is 842. The summed E-state index contributed by atoms with van der Waals surface area (Å²) >= 11 is 0. The number of benzene rings is 1. The largest absolute Gasteiger partial charge is 0.497 e. The van der Waals surface area contributed by atoms with Crippen molar-refractivity contribution in [2.45, 2.75) is 32.9 Å². The van der Waals surface area contributed by atoms with E-state index in [0.717, 1.165) is 42.3 Å². The molecule has 2 aromatic rings. The fourth-order valence-corrected chi connectivity index (χ4v) is 3.12. The van der Waals surface area contributed by atoms with Crippen LogP contribution in [0.2, 0.25) is 0 Å². The highest BCUT2D eigenvalue weighted by Crippen LogP contribution is 2.20. The zero-order valence-electron chi connectivity index (χ0n) is 16.2. The lowest BCUT2D eigenvalue weighted by molar-refractivity contribution is 0.315. The molecule has 0 bridgehead atoms. The molecule has 0 unspecified atom stereocenters. The first-order valence-corrected chi connectivity index (χ1v) is 9.11. The van der Waals surface area contributed by atoms with Gasteiger partial charge in [-0.05, 0) is 50.6 Å². The molecule has 0 spiro atoms. The molecular weight excluding hydrogens is 338 g/mol. The monoisotopic (exact) mass is 365 g/mol. The average molecular weight is 365 g/mol. The molecule has 1 heterocycles. The first kappa shape index (κ1) is 18.9. The molecule has 0 amide bonds. The number of anilines is 2. The van der Waals surface area contributed by atoms with Crippen LogP contribution < -0.4 is 15.8 Å². The van der Waals surface area contributed by atoms with Gasteiger partial charge in [0.1, 0.15) is 11.6 Å². The normalized spacial score (nSPS) is 13.9. The standard InChI is InChI=1S/C21H27N5O/c1-15-5-4-6-17(11-15)23-20-12-18(24-21(22)25-20)14-26(2)13-16-7-9-19(27-3)10-8-16/h6-12H,4-5,13-14H2,1-3H3,(H3,22,23,24,25). The molecule has 0 saturated carbocycles. The molecule has 1 aliphatic carbocycles. The predicted molar refractivity (Wildman–Crippen MR) is 109 cm³/mol. The van der Waals surface area contributed by atoms with Crippen LogP contribution in [0.3, 0.4) is 0 Å². The van der Waals surface area contributed by atoms with Crippen molar-refractivity contribution in [3.8, 4) is 5.75 Å². The number of aromatic nitrogens is 2. The van der Waals surface area contributed by atoms with Crippen LogP contribution in [0.15, 0.2) is 53.8 Å². The predicted octanol–water partition coefficient (Wildman–Crippen LogP) is 3.74. The summed E-state index contributed by atoms with van der Waals surface area (Å²) in [6, 6.07) is 10.0. The van der Waals surface area contributed by atoms with Crippen LogP contribution in [-0.2, 0) is 13.1 Å². The minimum absolute atomic E-state index is 0.282. The summed E-state index contributed by atoms with van der Waals surface area (Å²) in [4.78, 5) is 10.9. The fourth-order valence-electron chi connectivity index (χ4n) is 3.12. The van der Waals surface area contributed by atoms with Gasteiger partial charge in [0.05, 0.1) is 12.8 Å². The number of nitrogens with zero attached hydrogens (tertiary/aromatic N) is 3. The number of hydrogen-bond donors (Lipinski definition) is 2. The minimum atomic E-state index is 0.282. The smallest absolute Gasteiger partial charge is 0.222 e. The van der Waals surface area contributed by atoms with E-state index < -0.39 is 0 Å². The number of methoxy groups -OCH3 is 1. The van der Waals surface area contributed by atoms with Gasteiger partial charge in [-0.3, -0.25) is 4.90 Å². The van der Waals surface area contributed by atoms with Gasteiger partial charge in [0.15, 0.2) is 0 Å². The van der Waals surface area contributed by atoms with Crippen LogP contribution in [0.4, 0.5) is 11.8 Å². The van der Waals surface area contributed by atoms with Gasteiger partial charge in [-0.15, -0.1) is 0 Å². The zero-order chi connectivity index (χ0) is 19.2. The number of hydrogen-bond acceptors (Lipinski definition) is 6. The van der Waals surface area contributed by atoms with Crippen molar-refractivity contribution in [1.29, 1.82) is 0 Å². The first-order chi connectivity index (χ1) is 13.0. The van der Waals surface area contributed by atoms with E-state index >= 15 is 0 Å². The molecule has 1 aromatic carbocycles. The van der Waals surface area contributed by atoms with Gasteiger partial charge in [-0.25, -0.2) is 4.98 Å². The van der Waals surface area contributed by atoms with Gasteiger partial charge >= 0.3 is 0 Å². The summed E-state index contributed by atoms with van der Waals surface area (Å²) in [5, 5.41) is 3.35. The Morgan fingerprint density at radius 1 is 1.19 bits per heavy atom. The van der Waals surface area contributed by atoms with Crippen LogP contribution >= 0.6 is 0 Å². The number of allylic oxidation sites excluding steroid dienone is 3. The Hall–Kier alpha value is -2.86. The average Bonchev–Trinajstić information content (AvgIpc) is 2.61. The van der Waals surface area contributed by atoms with Crippen molar-refractivity contribution in [2.24, 2.45) is 0 Å². The van der Waals surface area contributed by atoms with E-state index in [4.69, 9.17) is 10.5 Å². The highest BCUT2D eigenvalue weighted by Gasteiger charge is 2.09. The summed E-state index contributed by atoms with van der Waals surface area (Å²) in [5.74, 6) is 1.87. The Balaban J connectivity index is 1.65. The fraction of sp³-hybridized carbons (Fsp3) is 0.333. The Kier molecular flexibility index (Phi) is 6.08. The van der Waals surface area contributed by atoms with Crippen LogP contribution in [0, 0.1) is 0 Å². The number of nitrogen functional groups attached to an aromatic ring is 1. The summed E-state index contributed by atoms with van der Waals surface area (Å²) in [7, 11) is 3.73. The van der Waals surface area contributed by atoms with E-state index in [0.29, 0.717) is 6.54 Å². The van der Waals surface area contributed by atoms with Crippen molar-refractivity contribution in [2.75, 3.05) is 25.2 Å². The molecule has 0 saturated heterocycles. The van der Waals surface area contributed by atoms with E-state index in [2.05, 4.69) is 58.4 Å². The highest BCUT2D eigenvalue weighted by atomic mass is 16.5. The SMILES string of the molecule is COc1ccc(CN(C)Cc2cc(NC3=CCCC(C)=C3)nc(N)n2)cc1. The quantitative estimate of drug-likeness (QED) is 0.778. The molecule has 27 heavy (non-hydrogen) atoms. The lowest BCUT2D eigenvalue weighted by Gasteiger charge is -2.18. The van der Waals surface area contributed by atoms with E-state index in [-0.39, 0.29) is 5.95 Å². The number of nitrogens with two attached hydrogens (primary N) is 1. The molecule has 0 fully saturated rings. The van der Waals surface area contributed by atoms with Crippen molar-refractivity contribution in [1.82, 2.24) is 14.9 Å².